The van der Waals surface area contributed by atoms with Crippen molar-refractivity contribution in [3.05, 3.63) is 0 Å². The van der Waals surface area contributed by atoms with Gasteiger partial charge in [-0.05, 0) is 13.3 Å². The Morgan fingerprint density at radius 1 is 0.850 bits per heavy atom. The smallest absolute Gasteiger partial charge is 0.307 e. The van der Waals surface area contributed by atoms with E-state index in [1.165, 1.54) is 64.2 Å². The number of hydrogen-bond donors (Lipinski definition) is 1. The van der Waals surface area contributed by atoms with Gasteiger partial charge in [0, 0.05) is 6.42 Å². The molecule has 0 bridgehead atoms. The molecule has 1 atom stereocenters. The van der Waals surface area contributed by atoms with Crippen LogP contribution < -0.4 is 5.73 Å². The molecule has 0 saturated heterocycles. The molecular formula is C17H35NO2. The second-order valence-electron chi connectivity index (χ2n) is 5.83. The fourth-order valence-electron chi connectivity index (χ4n) is 2.38. The van der Waals surface area contributed by atoms with E-state index in [0.717, 1.165) is 12.8 Å². The van der Waals surface area contributed by atoms with Crippen LogP contribution in [0, 0.1) is 0 Å². The van der Waals surface area contributed by atoms with Crippen LogP contribution in [-0.4, -0.2) is 12.2 Å². The van der Waals surface area contributed by atoms with Gasteiger partial charge in [-0.3, -0.25) is 10.5 Å². The van der Waals surface area contributed by atoms with Crippen molar-refractivity contribution in [2.24, 2.45) is 5.73 Å². The summed E-state index contributed by atoms with van der Waals surface area (Å²) in [5.41, 5.74) is 5.39. The van der Waals surface area contributed by atoms with Crippen molar-refractivity contribution in [3.8, 4) is 0 Å². The third-order valence-electron chi connectivity index (χ3n) is 3.55. The molecule has 0 spiro atoms. The quantitative estimate of drug-likeness (QED) is 0.280. The standard InChI is InChI=1S/C17H35NO2/c1-3-4-5-6-7-8-9-10-11-12-13-14-15-17(19)20-16(2)18/h16H,3-15,18H2,1-2H3. The Labute approximate surface area is 125 Å². The first-order valence-corrected chi connectivity index (χ1v) is 8.62. The lowest BCUT2D eigenvalue weighted by Crippen LogP contribution is -2.23. The Morgan fingerprint density at radius 3 is 1.65 bits per heavy atom. The van der Waals surface area contributed by atoms with Crippen molar-refractivity contribution in [2.45, 2.75) is 104 Å². The molecule has 0 aliphatic rings. The van der Waals surface area contributed by atoms with Crippen LogP contribution in [0.5, 0.6) is 0 Å². The molecule has 20 heavy (non-hydrogen) atoms. The number of ether oxygens (including phenoxy) is 1. The number of carbonyl (C=O) groups is 1. The molecule has 0 aliphatic carbocycles. The monoisotopic (exact) mass is 285 g/mol. The fourth-order valence-corrected chi connectivity index (χ4v) is 2.38. The van der Waals surface area contributed by atoms with Crippen molar-refractivity contribution < 1.29 is 9.53 Å². The predicted molar refractivity (Wildman–Crippen MR) is 85.4 cm³/mol. The lowest BCUT2D eigenvalue weighted by molar-refractivity contribution is -0.148. The van der Waals surface area contributed by atoms with Crippen LogP contribution in [0.15, 0.2) is 0 Å². The molecule has 0 aromatic rings. The lowest BCUT2D eigenvalue weighted by atomic mass is 10.0. The van der Waals surface area contributed by atoms with E-state index in [-0.39, 0.29) is 5.97 Å². The van der Waals surface area contributed by atoms with Gasteiger partial charge in [0.1, 0.15) is 6.23 Å². The molecular weight excluding hydrogens is 250 g/mol. The van der Waals surface area contributed by atoms with Crippen LogP contribution in [0.2, 0.25) is 0 Å². The van der Waals surface area contributed by atoms with E-state index in [4.69, 9.17) is 10.5 Å². The van der Waals surface area contributed by atoms with Gasteiger partial charge in [-0.15, -0.1) is 0 Å². The number of hydrogen-bond acceptors (Lipinski definition) is 3. The van der Waals surface area contributed by atoms with Crippen LogP contribution in [0.3, 0.4) is 0 Å². The van der Waals surface area contributed by atoms with Crippen LogP contribution in [0.1, 0.15) is 97.3 Å². The van der Waals surface area contributed by atoms with E-state index in [2.05, 4.69) is 6.92 Å². The number of carbonyl (C=O) groups excluding carboxylic acids is 1. The van der Waals surface area contributed by atoms with E-state index in [1.807, 2.05) is 0 Å². The summed E-state index contributed by atoms with van der Waals surface area (Å²) < 4.78 is 4.89. The molecule has 0 saturated carbocycles. The first-order valence-electron chi connectivity index (χ1n) is 8.62. The molecule has 0 aliphatic heterocycles. The molecule has 120 valence electrons. The number of unbranched alkanes of at least 4 members (excludes halogenated alkanes) is 11. The molecule has 0 aromatic heterocycles. The molecule has 0 fully saturated rings. The number of rotatable bonds is 14. The van der Waals surface area contributed by atoms with Crippen molar-refractivity contribution >= 4 is 5.97 Å². The van der Waals surface area contributed by atoms with Gasteiger partial charge >= 0.3 is 5.97 Å². The largest absolute Gasteiger partial charge is 0.447 e. The highest BCUT2D eigenvalue weighted by Gasteiger charge is 2.04. The Morgan fingerprint density at radius 2 is 1.25 bits per heavy atom. The summed E-state index contributed by atoms with van der Waals surface area (Å²) in [7, 11) is 0. The predicted octanol–water partition coefficient (Wildman–Crippen LogP) is 4.93. The molecule has 0 aromatic carbocycles. The van der Waals surface area contributed by atoms with Crippen molar-refractivity contribution in [2.75, 3.05) is 0 Å². The van der Waals surface area contributed by atoms with Crippen molar-refractivity contribution in [1.82, 2.24) is 0 Å². The summed E-state index contributed by atoms with van der Waals surface area (Å²) >= 11 is 0. The maximum Gasteiger partial charge on any atom is 0.307 e. The second kappa shape index (κ2) is 14.8. The third-order valence-corrected chi connectivity index (χ3v) is 3.55. The van der Waals surface area contributed by atoms with Gasteiger partial charge in [0.05, 0.1) is 0 Å². The Hall–Kier alpha value is -0.570. The summed E-state index contributed by atoms with van der Waals surface area (Å²) in [4.78, 5) is 11.2. The fraction of sp³-hybridized carbons (Fsp3) is 0.941. The molecule has 1 unspecified atom stereocenters. The molecule has 0 rings (SSSR count). The summed E-state index contributed by atoms with van der Waals surface area (Å²) in [5.74, 6) is -0.160. The molecule has 3 nitrogen and oxygen atoms in total. The zero-order valence-electron chi connectivity index (χ0n) is 13.7. The number of esters is 1. The van der Waals surface area contributed by atoms with E-state index in [0.29, 0.717) is 6.42 Å². The summed E-state index contributed by atoms with van der Waals surface area (Å²) in [5, 5.41) is 0. The zero-order chi connectivity index (χ0) is 15.1. The normalized spacial score (nSPS) is 12.3. The van der Waals surface area contributed by atoms with Gasteiger partial charge < -0.3 is 4.74 Å². The van der Waals surface area contributed by atoms with Gasteiger partial charge in [0.2, 0.25) is 0 Å². The highest BCUT2D eigenvalue weighted by molar-refractivity contribution is 5.69. The van der Waals surface area contributed by atoms with E-state index >= 15 is 0 Å². The Kier molecular flexibility index (Phi) is 14.4. The van der Waals surface area contributed by atoms with Gasteiger partial charge in [0.25, 0.3) is 0 Å². The van der Waals surface area contributed by atoms with Crippen molar-refractivity contribution in [3.63, 3.8) is 0 Å². The average molecular weight is 285 g/mol. The first-order chi connectivity index (χ1) is 9.66. The Balaban J connectivity index is 3.08. The molecule has 0 radical (unpaired) electrons. The van der Waals surface area contributed by atoms with E-state index < -0.39 is 6.23 Å². The topological polar surface area (TPSA) is 52.3 Å². The Bertz CT molecular complexity index is 217. The van der Waals surface area contributed by atoms with E-state index in [1.54, 1.807) is 6.92 Å². The van der Waals surface area contributed by atoms with Crippen LogP contribution >= 0.6 is 0 Å². The first kappa shape index (κ1) is 19.4. The minimum Gasteiger partial charge on any atom is -0.447 e. The lowest BCUT2D eigenvalue weighted by Gasteiger charge is -2.07. The maximum atomic E-state index is 11.2. The van der Waals surface area contributed by atoms with Gasteiger partial charge in [0.15, 0.2) is 0 Å². The highest BCUT2D eigenvalue weighted by atomic mass is 16.5. The van der Waals surface area contributed by atoms with Crippen molar-refractivity contribution in [1.29, 1.82) is 0 Å². The van der Waals surface area contributed by atoms with Crippen LogP contribution in [0.4, 0.5) is 0 Å². The van der Waals surface area contributed by atoms with Crippen LogP contribution in [0.25, 0.3) is 0 Å². The summed E-state index contributed by atoms with van der Waals surface area (Å²) in [6.45, 7) is 3.94. The number of nitrogens with two attached hydrogens (primary N) is 1. The summed E-state index contributed by atoms with van der Waals surface area (Å²) in [6, 6.07) is 0. The van der Waals surface area contributed by atoms with Gasteiger partial charge in [-0.25, -0.2) is 0 Å². The second-order valence-corrected chi connectivity index (χ2v) is 5.83. The van der Waals surface area contributed by atoms with Crippen LogP contribution in [-0.2, 0) is 9.53 Å². The minimum atomic E-state index is -0.472. The minimum absolute atomic E-state index is 0.160. The third kappa shape index (κ3) is 15.5. The molecule has 0 amide bonds. The zero-order valence-corrected chi connectivity index (χ0v) is 13.7. The molecule has 3 heteroatoms. The van der Waals surface area contributed by atoms with Gasteiger partial charge in [-0.1, -0.05) is 77.6 Å². The molecule has 2 N–H and O–H groups in total. The SMILES string of the molecule is CCCCCCCCCCCCCCC(=O)OC(C)N. The average Bonchev–Trinajstić information content (AvgIpc) is 2.39. The van der Waals surface area contributed by atoms with E-state index in [9.17, 15) is 4.79 Å². The molecule has 0 heterocycles. The highest BCUT2D eigenvalue weighted by Crippen LogP contribution is 2.12. The maximum absolute atomic E-state index is 11.2. The summed E-state index contributed by atoms with van der Waals surface area (Å²) in [6.07, 6.45) is 15.7. The van der Waals surface area contributed by atoms with Gasteiger partial charge in [-0.2, -0.15) is 0 Å².